The molecule has 0 unspecified atom stereocenters. The number of hydrogen-bond acceptors (Lipinski definition) is 4. The molecule has 1 fully saturated rings. The number of hydrogen-bond donors (Lipinski definition) is 1. The summed E-state index contributed by atoms with van der Waals surface area (Å²) in [4.78, 5) is 56.5. The van der Waals surface area contributed by atoms with E-state index in [4.69, 9.17) is 0 Å². The fraction of sp³-hybridized carbons (Fsp3) is 0.429. The van der Waals surface area contributed by atoms with Gasteiger partial charge < -0.3 is 10.2 Å². The highest BCUT2D eigenvalue weighted by Gasteiger charge is 2.50. The van der Waals surface area contributed by atoms with Crippen LogP contribution in [0.25, 0.3) is 0 Å². The maximum atomic E-state index is 13.9. The lowest BCUT2D eigenvalue weighted by atomic mass is 9.78. The summed E-state index contributed by atoms with van der Waals surface area (Å²) in [7, 11) is 0. The lowest BCUT2D eigenvalue weighted by Crippen LogP contribution is -2.63. The van der Waals surface area contributed by atoms with Crippen molar-refractivity contribution in [2.24, 2.45) is 0 Å². The highest BCUT2D eigenvalue weighted by molar-refractivity contribution is 6.23. The molecule has 0 saturated heterocycles. The summed E-state index contributed by atoms with van der Waals surface area (Å²) in [5.41, 5.74) is 2.25. The Hall–Kier alpha value is -3.48. The number of fused-ring (bicyclic) bond motifs is 1. The molecule has 1 aliphatic carbocycles. The zero-order valence-corrected chi connectivity index (χ0v) is 20.9. The second-order valence-corrected chi connectivity index (χ2v) is 9.60. The van der Waals surface area contributed by atoms with Gasteiger partial charge in [0.2, 0.25) is 11.8 Å². The van der Waals surface area contributed by atoms with Crippen molar-refractivity contribution in [2.75, 3.05) is 11.9 Å². The standard InChI is InChI=1S/C28H33N3O4/c1-5-30(24(32)20(4)31-25(33)21-14-7-8-15-22(21)26(31)34)28(16-9-6-10-17-28)27(35)29-23-18(2)12-11-13-19(23)3/h7-8,11-15,20H,5-6,9-10,16-17H2,1-4H3,(H,29,35)/t20-/m1/s1. The van der Waals surface area contributed by atoms with E-state index in [1.807, 2.05) is 39.0 Å². The predicted molar refractivity (Wildman–Crippen MR) is 134 cm³/mol. The number of para-hydroxylation sites is 1. The van der Waals surface area contributed by atoms with Crippen molar-refractivity contribution in [3.05, 3.63) is 64.7 Å². The first kappa shape index (κ1) is 24.6. The van der Waals surface area contributed by atoms with Crippen LogP contribution >= 0.6 is 0 Å². The van der Waals surface area contributed by atoms with Crippen LogP contribution in [0.5, 0.6) is 0 Å². The van der Waals surface area contributed by atoms with Crippen molar-refractivity contribution in [2.45, 2.75) is 71.4 Å². The van der Waals surface area contributed by atoms with E-state index in [1.54, 1.807) is 36.1 Å². The Morgan fingerprint density at radius 2 is 1.49 bits per heavy atom. The molecule has 4 amide bonds. The second-order valence-electron chi connectivity index (χ2n) is 9.60. The molecule has 7 heteroatoms. The topological polar surface area (TPSA) is 86.8 Å². The Balaban J connectivity index is 1.66. The van der Waals surface area contributed by atoms with Gasteiger partial charge in [-0.3, -0.25) is 24.1 Å². The van der Waals surface area contributed by atoms with Crippen LogP contribution in [0.2, 0.25) is 0 Å². The van der Waals surface area contributed by atoms with E-state index >= 15 is 0 Å². The number of benzene rings is 2. The fourth-order valence-electron chi connectivity index (χ4n) is 5.56. The summed E-state index contributed by atoms with van der Waals surface area (Å²) in [5.74, 6) is -1.54. The van der Waals surface area contributed by atoms with E-state index < -0.39 is 23.4 Å². The molecular weight excluding hydrogens is 442 g/mol. The van der Waals surface area contributed by atoms with Crippen molar-refractivity contribution in [3.63, 3.8) is 0 Å². The zero-order chi connectivity index (χ0) is 25.3. The molecule has 1 heterocycles. The molecule has 1 aliphatic heterocycles. The Kier molecular flexibility index (Phi) is 6.79. The average molecular weight is 476 g/mol. The van der Waals surface area contributed by atoms with Gasteiger partial charge in [0.05, 0.1) is 11.1 Å². The molecule has 4 rings (SSSR count). The minimum absolute atomic E-state index is 0.209. The third-order valence-corrected chi connectivity index (χ3v) is 7.49. The minimum atomic E-state index is -1.04. The van der Waals surface area contributed by atoms with Gasteiger partial charge in [0, 0.05) is 12.2 Å². The van der Waals surface area contributed by atoms with Gasteiger partial charge in [0.1, 0.15) is 11.6 Å². The SMILES string of the molecule is CCN(C(=O)[C@@H](C)N1C(=O)c2ccccc2C1=O)C1(C(=O)Nc2c(C)cccc2C)CCCCC1. The first-order valence-corrected chi connectivity index (χ1v) is 12.4. The molecule has 1 N–H and O–H groups in total. The Morgan fingerprint density at radius 3 is 2.00 bits per heavy atom. The van der Waals surface area contributed by atoms with E-state index in [9.17, 15) is 19.2 Å². The minimum Gasteiger partial charge on any atom is -0.326 e. The zero-order valence-electron chi connectivity index (χ0n) is 20.9. The van der Waals surface area contributed by atoms with Crippen LogP contribution in [0.1, 0.15) is 77.8 Å². The summed E-state index contributed by atoms with van der Waals surface area (Å²) in [5, 5.41) is 3.12. The Labute approximate surface area is 206 Å². The van der Waals surface area contributed by atoms with Crippen molar-refractivity contribution in [1.29, 1.82) is 0 Å². The van der Waals surface area contributed by atoms with Crippen molar-refractivity contribution >= 4 is 29.3 Å². The van der Waals surface area contributed by atoms with Crippen LogP contribution in [0.15, 0.2) is 42.5 Å². The molecular formula is C28H33N3O4. The summed E-state index contributed by atoms with van der Waals surface area (Å²) < 4.78 is 0. The van der Waals surface area contributed by atoms with Gasteiger partial charge in [0.15, 0.2) is 0 Å². The number of likely N-dealkylation sites (N-methyl/N-ethyl adjacent to an activating group) is 1. The van der Waals surface area contributed by atoms with E-state index in [0.717, 1.165) is 41.0 Å². The average Bonchev–Trinajstić information content (AvgIpc) is 3.11. The summed E-state index contributed by atoms with van der Waals surface area (Å²) in [6.45, 7) is 7.61. The molecule has 0 radical (unpaired) electrons. The molecule has 7 nitrogen and oxygen atoms in total. The van der Waals surface area contributed by atoms with E-state index in [1.165, 1.54) is 0 Å². The second kappa shape index (κ2) is 9.64. The number of carbonyl (C=O) groups excluding carboxylic acids is 4. The quantitative estimate of drug-likeness (QED) is 0.624. The van der Waals surface area contributed by atoms with E-state index in [-0.39, 0.29) is 11.8 Å². The van der Waals surface area contributed by atoms with Gasteiger partial charge in [-0.25, -0.2) is 0 Å². The molecule has 2 aromatic carbocycles. The normalized spacial score (nSPS) is 17.7. The lowest BCUT2D eigenvalue weighted by Gasteiger charge is -2.46. The summed E-state index contributed by atoms with van der Waals surface area (Å²) in [6, 6.07) is 11.4. The first-order chi connectivity index (χ1) is 16.7. The van der Waals surface area contributed by atoms with Crippen LogP contribution in [-0.4, -0.2) is 51.6 Å². The molecule has 1 atom stereocenters. The molecule has 35 heavy (non-hydrogen) atoms. The number of carbonyl (C=O) groups is 4. The Bertz CT molecular complexity index is 1130. The number of rotatable bonds is 6. The Morgan fingerprint density at radius 1 is 0.943 bits per heavy atom. The number of anilines is 1. The van der Waals surface area contributed by atoms with E-state index in [2.05, 4.69) is 5.32 Å². The maximum Gasteiger partial charge on any atom is 0.262 e. The monoisotopic (exact) mass is 475 g/mol. The lowest BCUT2D eigenvalue weighted by molar-refractivity contribution is -0.150. The molecule has 2 aliphatic rings. The van der Waals surface area contributed by atoms with Crippen molar-refractivity contribution in [1.82, 2.24) is 9.80 Å². The predicted octanol–water partition coefficient (Wildman–Crippen LogP) is 4.48. The largest absolute Gasteiger partial charge is 0.326 e. The number of nitrogens with zero attached hydrogens (tertiary/aromatic N) is 2. The fourth-order valence-corrected chi connectivity index (χ4v) is 5.56. The van der Waals surface area contributed by atoms with Crippen molar-refractivity contribution < 1.29 is 19.2 Å². The van der Waals surface area contributed by atoms with Crippen LogP contribution < -0.4 is 5.32 Å². The molecule has 0 bridgehead atoms. The third-order valence-electron chi connectivity index (χ3n) is 7.49. The highest BCUT2D eigenvalue weighted by Crippen LogP contribution is 2.37. The third kappa shape index (κ3) is 4.13. The van der Waals surface area contributed by atoms with Gasteiger partial charge >= 0.3 is 0 Å². The van der Waals surface area contributed by atoms with Crippen LogP contribution in [-0.2, 0) is 9.59 Å². The van der Waals surface area contributed by atoms with Crippen LogP contribution in [0, 0.1) is 13.8 Å². The van der Waals surface area contributed by atoms with Gasteiger partial charge in [-0.05, 0) is 63.8 Å². The van der Waals surface area contributed by atoms with Crippen LogP contribution in [0.3, 0.4) is 0 Å². The van der Waals surface area contributed by atoms with Gasteiger partial charge in [-0.15, -0.1) is 0 Å². The van der Waals surface area contributed by atoms with Gasteiger partial charge in [0.25, 0.3) is 11.8 Å². The molecule has 2 aromatic rings. The summed E-state index contributed by atoms with van der Waals surface area (Å²) in [6.07, 6.45) is 3.73. The van der Waals surface area contributed by atoms with Gasteiger partial charge in [-0.1, -0.05) is 49.6 Å². The van der Waals surface area contributed by atoms with E-state index in [0.29, 0.717) is 30.5 Å². The number of nitrogens with one attached hydrogen (secondary N) is 1. The molecule has 0 aromatic heterocycles. The number of amides is 4. The van der Waals surface area contributed by atoms with Crippen LogP contribution in [0.4, 0.5) is 5.69 Å². The number of imide groups is 1. The summed E-state index contributed by atoms with van der Waals surface area (Å²) >= 11 is 0. The van der Waals surface area contributed by atoms with Crippen molar-refractivity contribution in [3.8, 4) is 0 Å². The highest BCUT2D eigenvalue weighted by atomic mass is 16.2. The molecule has 0 spiro atoms. The van der Waals surface area contributed by atoms with Gasteiger partial charge in [-0.2, -0.15) is 0 Å². The maximum absolute atomic E-state index is 13.9. The smallest absolute Gasteiger partial charge is 0.262 e. The number of aryl methyl sites for hydroxylation is 2. The first-order valence-electron chi connectivity index (χ1n) is 12.4. The molecule has 1 saturated carbocycles. The molecule has 184 valence electrons.